The fourth-order valence-corrected chi connectivity index (χ4v) is 1.88. The van der Waals surface area contributed by atoms with Gasteiger partial charge in [0, 0.05) is 17.1 Å². The average molecular weight is 300 g/mol. The molecular formula is C13H18BrNO2. The van der Waals surface area contributed by atoms with Crippen LogP contribution in [0.3, 0.4) is 0 Å². The van der Waals surface area contributed by atoms with Gasteiger partial charge in [-0.25, -0.2) is 4.79 Å². The lowest BCUT2D eigenvalue weighted by atomic mass is 9.98. The zero-order chi connectivity index (χ0) is 13.2. The van der Waals surface area contributed by atoms with E-state index in [4.69, 9.17) is 0 Å². The summed E-state index contributed by atoms with van der Waals surface area (Å²) in [5, 5.41) is 9.20. The summed E-state index contributed by atoms with van der Waals surface area (Å²) in [5.41, 5.74) is 0.987. The van der Waals surface area contributed by atoms with Crippen molar-refractivity contribution in [1.82, 2.24) is 0 Å². The van der Waals surface area contributed by atoms with Gasteiger partial charge in [0.15, 0.2) is 0 Å². The maximum absolute atomic E-state index is 11.2. The largest absolute Gasteiger partial charge is 0.478 e. The first kappa shape index (κ1) is 14.0. The molecule has 0 aromatic heterocycles. The van der Waals surface area contributed by atoms with Crippen LogP contribution in [0.25, 0.3) is 0 Å². The van der Waals surface area contributed by atoms with Gasteiger partial charge in [0.1, 0.15) is 0 Å². The molecule has 0 fully saturated rings. The molecule has 0 aliphatic carbocycles. The number of benzene rings is 1. The third kappa shape index (κ3) is 3.00. The molecule has 0 unspecified atom stereocenters. The number of rotatable bonds is 4. The highest BCUT2D eigenvalue weighted by Crippen LogP contribution is 2.30. The monoisotopic (exact) mass is 299 g/mol. The smallest absolute Gasteiger partial charge is 0.337 e. The molecule has 1 aromatic carbocycles. The Morgan fingerprint density at radius 3 is 2.53 bits per heavy atom. The number of aromatic carboxylic acids is 1. The van der Waals surface area contributed by atoms with Crippen LogP contribution < -0.4 is 4.90 Å². The van der Waals surface area contributed by atoms with Crippen molar-refractivity contribution in [3.63, 3.8) is 0 Å². The van der Waals surface area contributed by atoms with Crippen molar-refractivity contribution in [2.24, 2.45) is 0 Å². The Kier molecular flexibility index (Phi) is 4.20. The van der Waals surface area contributed by atoms with Gasteiger partial charge in [-0.2, -0.15) is 0 Å². The summed E-state index contributed by atoms with van der Waals surface area (Å²) in [5.74, 6) is -0.897. The Labute approximate surface area is 111 Å². The van der Waals surface area contributed by atoms with E-state index in [1.165, 1.54) is 0 Å². The van der Waals surface area contributed by atoms with Crippen molar-refractivity contribution < 1.29 is 9.90 Å². The van der Waals surface area contributed by atoms with Gasteiger partial charge in [0.25, 0.3) is 0 Å². The molecule has 94 valence electrons. The van der Waals surface area contributed by atoms with E-state index in [-0.39, 0.29) is 5.54 Å². The van der Waals surface area contributed by atoms with Crippen LogP contribution in [0.5, 0.6) is 0 Å². The summed E-state index contributed by atoms with van der Waals surface area (Å²) in [7, 11) is 1.93. The number of carbonyl (C=O) groups is 1. The van der Waals surface area contributed by atoms with E-state index in [1.54, 1.807) is 12.1 Å². The average Bonchev–Trinajstić information content (AvgIpc) is 2.27. The highest BCUT2D eigenvalue weighted by Gasteiger charge is 2.25. The molecule has 0 saturated heterocycles. The van der Waals surface area contributed by atoms with Crippen molar-refractivity contribution in [3.05, 3.63) is 28.2 Å². The number of anilines is 1. The second-order valence-electron chi connectivity index (χ2n) is 4.69. The van der Waals surface area contributed by atoms with Gasteiger partial charge < -0.3 is 10.0 Å². The predicted molar refractivity (Wildman–Crippen MR) is 73.9 cm³/mol. The summed E-state index contributed by atoms with van der Waals surface area (Å²) in [6.45, 7) is 6.29. The molecule has 0 aliphatic rings. The number of carboxylic acids is 1. The third-order valence-electron chi connectivity index (χ3n) is 3.32. The predicted octanol–water partition coefficient (Wildman–Crippen LogP) is 3.77. The molecule has 0 saturated carbocycles. The van der Waals surface area contributed by atoms with Crippen molar-refractivity contribution in [2.45, 2.75) is 32.7 Å². The summed E-state index contributed by atoms with van der Waals surface area (Å²) in [4.78, 5) is 13.2. The summed E-state index contributed by atoms with van der Waals surface area (Å²) in [6.07, 6.45) is 0.940. The molecule has 1 rings (SSSR count). The Balaban J connectivity index is 3.29. The molecule has 4 heteroatoms. The molecule has 1 aromatic rings. The third-order valence-corrected chi connectivity index (χ3v) is 3.82. The van der Waals surface area contributed by atoms with Crippen molar-refractivity contribution >= 4 is 27.6 Å². The Morgan fingerprint density at radius 2 is 2.06 bits per heavy atom. The van der Waals surface area contributed by atoms with Crippen molar-refractivity contribution in [2.75, 3.05) is 11.9 Å². The minimum atomic E-state index is -0.897. The second kappa shape index (κ2) is 5.08. The molecule has 0 radical (unpaired) electrons. The van der Waals surface area contributed by atoms with Crippen LogP contribution in [-0.4, -0.2) is 23.7 Å². The number of carboxylic acid groups (broad SMARTS) is 1. The van der Waals surface area contributed by atoms with Crippen LogP contribution >= 0.6 is 15.9 Å². The van der Waals surface area contributed by atoms with E-state index >= 15 is 0 Å². The van der Waals surface area contributed by atoms with Gasteiger partial charge >= 0.3 is 5.97 Å². The van der Waals surface area contributed by atoms with E-state index < -0.39 is 5.97 Å². The Morgan fingerprint density at radius 1 is 1.47 bits per heavy atom. The van der Waals surface area contributed by atoms with Crippen LogP contribution in [0.2, 0.25) is 0 Å². The molecule has 0 atom stereocenters. The van der Waals surface area contributed by atoms with Crippen molar-refractivity contribution in [3.8, 4) is 0 Å². The first-order chi connectivity index (χ1) is 7.79. The van der Waals surface area contributed by atoms with Gasteiger partial charge in [-0.15, -0.1) is 0 Å². The number of hydrogen-bond acceptors (Lipinski definition) is 2. The van der Waals surface area contributed by atoms with Gasteiger partial charge in [-0.05, 0) is 38.5 Å². The molecule has 0 heterocycles. The Hall–Kier alpha value is -1.03. The molecule has 1 N–H and O–H groups in total. The topological polar surface area (TPSA) is 40.5 Å². The molecule has 0 amide bonds. The van der Waals surface area contributed by atoms with Crippen LogP contribution in [0.15, 0.2) is 22.7 Å². The number of hydrogen-bond donors (Lipinski definition) is 1. The standard InChI is InChI=1S/C13H18BrNO2/c1-5-13(2,3)15(4)11-8-9(14)6-7-10(11)12(16)17/h6-8H,5H2,1-4H3,(H,16,17). The second-order valence-corrected chi connectivity index (χ2v) is 5.61. The van der Waals surface area contributed by atoms with Crippen LogP contribution in [0, 0.1) is 0 Å². The van der Waals surface area contributed by atoms with Crippen LogP contribution in [-0.2, 0) is 0 Å². The van der Waals surface area contributed by atoms with Gasteiger partial charge in [0.05, 0.1) is 11.3 Å². The van der Waals surface area contributed by atoms with Gasteiger partial charge in [0.2, 0.25) is 0 Å². The van der Waals surface area contributed by atoms with Gasteiger partial charge in [-0.3, -0.25) is 0 Å². The lowest BCUT2D eigenvalue weighted by molar-refractivity contribution is 0.0697. The highest BCUT2D eigenvalue weighted by molar-refractivity contribution is 9.10. The van der Waals surface area contributed by atoms with E-state index in [9.17, 15) is 9.90 Å². The van der Waals surface area contributed by atoms with Crippen LogP contribution in [0.1, 0.15) is 37.6 Å². The molecular weight excluding hydrogens is 282 g/mol. The maximum atomic E-state index is 11.2. The van der Waals surface area contributed by atoms with Crippen LogP contribution in [0.4, 0.5) is 5.69 Å². The summed E-state index contributed by atoms with van der Waals surface area (Å²) < 4.78 is 0.885. The maximum Gasteiger partial charge on any atom is 0.337 e. The molecule has 0 bridgehead atoms. The zero-order valence-corrected chi connectivity index (χ0v) is 12.2. The summed E-state index contributed by atoms with van der Waals surface area (Å²) in [6, 6.07) is 5.23. The first-order valence-electron chi connectivity index (χ1n) is 5.56. The minimum Gasteiger partial charge on any atom is -0.478 e. The lowest BCUT2D eigenvalue weighted by Gasteiger charge is -2.37. The normalized spacial score (nSPS) is 11.4. The summed E-state index contributed by atoms with van der Waals surface area (Å²) >= 11 is 3.38. The highest BCUT2D eigenvalue weighted by atomic mass is 79.9. The van der Waals surface area contributed by atoms with E-state index in [2.05, 4.69) is 36.7 Å². The lowest BCUT2D eigenvalue weighted by Crippen LogP contribution is -2.41. The molecule has 17 heavy (non-hydrogen) atoms. The minimum absolute atomic E-state index is 0.0784. The SMILES string of the molecule is CCC(C)(C)N(C)c1cc(Br)ccc1C(=O)O. The quantitative estimate of drug-likeness (QED) is 0.920. The molecule has 0 spiro atoms. The van der Waals surface area contributed by atoms with Gasteiger partial charge in [-0.1, -0.05) is 22.9 Å². The molecule has 0 aliphatic heterocycles. The fraction of sp³-hybridized carbons (Fsp3) is 0.462. The van der Waals surface area contributed by atoms with E-state index in [0.717, 1.165) is 16.6 Å². The number of nitrogens with zero attached hydrogens (tertiary/aromatic N) is 1. The fourth-order valence-electron chi connectivity index (χ4n) is 1.53. The number of halogens is 1. The Bertz CT molecular complexity index is 429. The zero-order valence-electron chi connectivity index (χ0n) is 10.6. The van der Waals surface area contributed by atoms with Crippen molar-refractivity contribution in [1.29, 1.82) is 0 Å². The molecule has 3 nitrogen and oxygen atoms in total. The van der Waals surface area contributed by atoms with E-state index in [1.807, 2.05) is 18.0 Å². The van der Waals surface area contributed by atoms with E-state index in [0.29, 0.717) is 5.56 Å². The first-order valence-corrected chi connectivity index (χ1v) is 6.35.